The topological polar surface area (TPSA) is 50.4 Å². The van der Waals surface area contributed by atoms with E-state index in [2.05, 4.69) is 24.5 Å². The molecule has 1 amide bonds. The molecule has 1 aliphatic heterocycles. The number of nitrogens with one attached hydrogen (secondary N) is 2. The van der Waals surface area contributed by atoms with Crippen molar-refractivity contribution < 1.29 is 9.53 Å². The lowest BCUT2D eigenvalue weighted by Crippen LogP contribution is -2.54. The summed E-state index contributed by atoms with van der Waals surface area (Å²) in [4.78, 5) is 11.7. The second-order valence-corrected chi connectivity index (χ2v) is 5.96. The minimum Gasteiger partial charge on any atom is -0.444 e. The standard InChI is InChI=1S/C13H26N2O2/c1-6-10-9(2)7-14-8-11(10)15-12(16)17-13(3,4)5/h9-11,14H,6-8H2,1-5H3,(H,15,16)/t9-,10-,11-/m1/s1. The SMILES string of the molecule is CC[C@@H]1[C@H](C)CNC[C@H]1NC(=O)OC(C)(C)C. The summed E-state index contributed by atoms with van der Waals surface area (Å²) < 4.78 is 5.29. The van der Waals surface area contributed by atoms with Crippen LogP contribution in [0.25, 0.3) is 0 Å². The first-order chi connectivity index (χ1) is 7.83. The second kappa shape index (κ2) is 5.71. The van der Waals surface area contributed by atoms with Gasteiger partial charge in [0.15, 0.2) is 0 Å². The van der Waals surface area contributed by atoms with Crippen LogP contribution in [-0.4, -0.2) is 30.8 Å². The molecule has 0 aromatic rings. The Kier molecular flexibility index (Phi) is 4.80. The Morgan fingerprint density at radius 1 is 1.41 bits per heavy atom. The molecular formula is C13H26N2O2. The van der Waals surface area contributed by atoms with Crippen molar-refractivity contribution in [2.75, 3.05) is 13.1 Å². The van der Waals surface area contributed by atoms with Crippen molar-refractivity contribution in [3.63, 3.8) is 0 Å². The van der Waals surface area contributed by atoms with Gasteiger partial charge in [0.2, 0.25) is 0 Å². The normalized spacial score (nSPS) is 29.8. The monoisotopic (exact) mass is 242 g/mol. The summed E-state index contributed by atoms with van der Waals surface area (Å²) in [6.07, 6.45) is 0.778. The molecule has 0 spiro atoms. The van der Waals surface area contributed by atoms with Crippen molar-refractivity contribution in [1.29, 1.82) is 0 Å². The van der Waals surface area contributed by atoms with E-state index >= 15 is 0 Å². The van der Waals surface area contributed by atoms with Gasteiger partial charge in [0.25, 0.3) is 0 Å². The maximum atomic E-state index is 11.7. The van der Waals surface area contributed by atoms with Crippen LogP contribution in [-0.2, 0) is 4.74 Å². The van der Waals surface area contributed by atoms with Crippen LogP contribution in [0.5, 0.6) is 0 Å². The highest BCUT2D eigenvalue weighted by atomic mass is 16.6. The minimum atomic E-state index is -0.431. The number of amides is 1. The van der Waals surface area contributed by atoms with Crippen LogP contribution in [0.4, 0.5) is 4.79 Å². The van der Waals surface area contributed by atoms with E-state index in [0.29, 0.717) is 11.8 Å². The quantitative estimate of drug-likeness (QED) is 0.780. The number of alkyl carbamates (subject to hydrolysis) is 1. The van der Waals surface area contributed by atoms with Crippen LogP contribution < -0.4 is 10.6 Å². The van der Waals surface area contributed by atoms with Gasteiger partial charge in [-0.3, -0.25) is 0 Å². The van der Waals surface area contributed by atoms with Crippen molar-refractivity contribution in [2.24, 2.45) is 11.8 Å². The molecule has 1 heterocycles. The highest BCUT2D eigenvalue weighted by molar-refractivity contribution is 5.68. The third-order valence-corrected chi connectivity index (χ3v) is 3.25. The molecular weight excluding hydrogens is 216 g/mol. The summed E-state index contributed by atoms with van der Waals surface area (Å²) in [7, 11) is 0. The van der Waals surface area contributed by atoms with Gasteiger partial charge < -0.3 is 15.4 Å². The molecule has 100 valence electrons. The Balaban J connectivity index is 2.51. The predicted molar refractivity (Wildman–Crippen MR) is 69.0 cm³/mol. The molecule has 0 aromatic carbocycles. The molecule has 0 aliphatic carbocycles. The van der Waals surface area contributed by atoms with E-state index < -0.39 is 5.60 Å². The molecule has 1 saturated heterocycles. The molecule has 1 aliphatic rings. The van der Waals surface area contributed by atoms with E-state index in [-0.39, 0.29) is 12.1 Å². The van der Waals surface area contributed by atoms with E-state index in [1.807, 2.05) is 20.8 Å². The fraction of sp³-hybridized carbons (Fsp3) is 0.923. The molecule has 17 heavy (non-hydrogen) atoms. The number of carbonyl (C=O) groups excluding carboxylic acids is 1. The molecule has 1 fully saturated rings. The van der Waals surface area contributed by atoms with Crippen LogP contribution in [0.1, 0.15) is 41.0 Å². The van der Waals surface area contributed by atoms with Gasteiger partial charge in [0, 0.05) is 12.6 Å². The van der Waals surface area contributed by atoms with Crippen molar-refractivity contribution >= 4 is 6.09 Å². The van der Waals surface area contributed by atoms with E-state index in [0.717, 1.165) is 19.5 Å². The molecule has 2 N–H and O–H groups in total. The number of hydrogen-bond donors (Lipinski definition) is 2. The van der Waals surface area contributed by atoms with Crippen molar-refractivity contribution in [1.82, 2.24) is 10.6 Å². The third kappa shape index (κ3) is 4.54. The number of hydrogen-bond acceptors (Lipinski definition) is 3. The van der Waals surface area contributed by atoms with Gasteiger partial charge in [-0.1, -0.05) is 20.3 Å². The first-order valence-electron chi connectivity index (χ1n) is 6.53. The maximum absolute atomic E-state index is 11.7. The largest absolute Gasteiger partial charge is 0.444 e. The van der Waals surface area contributed by atoms with Crippen LogP contribution >= 0.6 is 0 Å². The summed E-state index contributed by atoms with van der Waals surface area (Å²) in [5.74, 6) is 1.12. The summed E-state index contributed by atoms with van der Waals surface area (Å²) in [6.45, 7) is 11.9. The summed E-state index contributed by atoms with van der Waals surface area (Å²) in [6, 6.07) is 0.179. The van der Waals surface area contributed by atoms with Gasteiger partial charge in [-0.25, -0.2) is 4.79 Å². The molecule has 4 heteroatoms. The van der Waals surface area contributed by atoms with Crippen LogP contribution in [0.2, 0.25) is 0 Å². The second-order valence-electron chi connectivity index (χ2n) is 5.96. The lowest BCUT2D eigenvalue weighted by atomic mass is 9.82. The molecule has 1 rings (SSSR count). The zero-order valence-electron chi connectivity index (χ0n) is 11.7. The van der Waals surface area contributed by atoms with Crippen LogP contribution in [0.15, 0.2) is 0 Å². The molecule has 0 unspecified atom stereocenters. The maximum Gasteiger partial charge on any atom is 0.407 e. The average Bonchev–Trinajstić information content (AvgIpc) is 2.14. The molecule has 4 nitrogen and oxygen atoms in total. The number of carbonyl (C=O) groups is 1. The van der Waals surface area contributed by atoms with Crippen molar-refractivity contribution in [3.8, 4) is 0 Å². The van der Waals surface area contributed by atoms with Gasteiger partial charge in [-0.05, 0) is 39.2 Å². The Bertz CT molecular complexity index is 261. The molecule has 3 atom stereocenters. The highest BCUT2D eigenvalue weighted by Gasteiger charge is 2.31. The highest BCUT2D eigenvalue weighted by Crippen LogP contribution is 2.22. The van der Waals surface area contributed by atoms with E-state index in [9.17, 15) is 4.79 Å². The first kappa shape index (κ1) is 14.3. The number of piperidine rings is 1. The van der Waals surface area contributed by atoms with Crippen LogP contribution in [0.3, 0.4) is 0 Å². The Hall–Kier alpha value is -0.770. The van der Waals surface area contributed by atoms with Gasteiger partial charge in [0.05, 0.1) is 0 Å². The fourth-order valence-electron chi connectivity index (χ4n) is 2.47. The smallest absolute Gasteiger partial charge is 0.407 e. The Morgan fingerprint density at radius 2 is 2.06 bits per heavy atom. The number of ether oxygens (including phenoxy) is 1. The van der Waals surface area contributed by atoms with Gasteiger partial charge in [0.1, 0.15) is 5.60 Å². The molecule has 0 saturated carbocycles. The molecule has 0 radical (unpaired) electrons. The van der Waals surface area contributed by atoms with Crippen molar-refractivity contribution in [2.45, 2.75) is 52.7 Å². The minimum absolute atomic E-state index is 0.179. The third-order valence-electron chi connectivity index (χ3n) is 3.25. The van der Waals surface area contributed by atoms with E-state index in [4.69, 9.17) is 4.74 Å². The zero-order chi connectivity index (χ0) is 13.1. The fourth-order valence-corrected chi connectivity index (χ4v) is 2.47. The van der Waals surface area contributed by atoms with Crippen LogP contribution in [0, 0.1) is 11.8 Å². The predicted octanol–water partition coefficient (Wildman–Crippen LogP) is 2.15. The summed E-state index contributed by atoms with van der Waals surface area (Å²) in [5, 5.41) is 6.33. The lowest BCUT2D eigenvalue weighted by Gasteiger charge is -2.37. The lowest BCUT2D eigenvalue weighted by molar-refractivity contribution is 0.0456. The molecule has 0 aromatic heterocycles. The zero-order valence-corrected chi connectivity index (χ0v) is 11.7. The Morgan fingerprint density at radius 3 is 2.59 bits per heavy atom. The average molecular weight is 242 g/mol. The summed E-state index contributed by atoms with van der Waals surface area (Å²) in [5.41, 5.74) is -0.431. The van der Waals surface area contributed by atoms with Gasteiger partial charge >= 0.3 is 6.09 Å². The van der Waals surface area contributed by atoms with E-state index in [1.165, 1.54) is 0 Å². The van der Waals surface area contributed by atoms with Crippen molar-refractivity contribution in [3.05, 3.63) is 0 Å². The van der Waals surface area contributed by atoms with Gasteiger partial charge in [-0.15, -0.1) is 0 Å². The number of rotatable bonds is 2. The molecule has 0 bridgehead atoms. The Labute approximate surface area is 104 Å². The van der Waals surface area contributed by atoms with Gasteiger partial charge in [-0.2, -0.15) is 0 Å². The first-order valence-corrected chi connectivity index (χ1v) is 6.53. The summed E-state index contributed by atoms with van der Waals surface area (Å²) >= 11 is 0. The van der Waals surface area contributed by atoms with E-state index in [1.54, 1.807) is 0 Å².